The van der Waals surface area contributed by atoms with Gasteiger partial charge in [-0.1, -0.05) is 42.5 Å². The molecule has 0 bridgehead atoms. The van der Waals surface area contributed by atoms with Gasteiger partial charge in [-0.15, -0.1) is 0 Å². The van der Waals surface area contributed by atoms with Crippen LogP contribution < -0.4 is 4.74 Å². The zero-order chi connectivity index (χ0) is 15.8. The Labute approximate surface area is 133 Å². The van der Waals surface area contributed by atoms with Gasteiger partial charge >= 0.3 is 0 Å². The van der Waals surface area contributed by atoms with Crippen LogP contribution in [0.1, 0.15) is 16.1 Å². The predicted octanol–water partition coefficient (Wildman–Crippen LogP) is 3.73. The van der Waals surface area contributed by atoms with E-state index in [4.69, 9.17) is 4.74 Å². The highest BCUT2D eigenvalue weighted by atomic mass is 16.5. The normalized spacial score (nSPS) is 11.0. The van der Waals surface area contributed by atoms with Crippen molar-refractivity contribution in [3.05, 3.63) is 78.1 Å². The number of hydrogen-bond acceptors (Lipinski definition) is 3. The summed E-state index contributed by atoms with van der Waals surface area (Å²) < 4.78 is 7.38. The summed E-state index contributed by atoms with van der Waals surface area (Å²) in [6, 6.07) is 18.9. The van der Waals surface area contributed by atoms with Gasteiger partial charge in [0.15, 0.2) is 0 Å². The first kappa shape index (κ1) is 13.5. The van der Waals surface area contributed by atoms with Crippen LogP contribution in [0.15, 0.2) is 66.9 Å². The maximum atomic E-state index is 12.6. The molecule has 0 spiro atoms. The Morgan fingerprint density at radius 1 is 1.04 bits per heavy atom. The van der Waals surface area contributed by atoms with Gasteiger partial charge in [0.05, 0.1) is 12.6 Å². The number of carbonyl (C=O) groups is 1. The van der Waals surface area contributed by atoms with Crippen LogP contribution in [0.5, 0.6) is 5.75 Å². The van der Waals surface area contributed by atoms with Gasteiger partial charge in [0.1, 0.15) is 17.1 Å². The average Bonchev–Trinajstić information content (AvgIpc) is 3.05. The molecule has 0 aliphatic rings. The molecule has 0 saturated carbocycles. The highest BCUT2D eigenvalue weighted by Crippen LogP contribution is 2.28. The lowest BCUT2D eigenvalue weighted by molar-refractivity contribution is 0.103. The maximum absolute atomic E-state index is 12.6. The van der Waals surface area contributed by atoms with E-state index in [1.54, 1.807) is 25.4 Å². The summed E-state index contributed by atoms with van der Waals surface area (Å²) in [5, 5.41) is 0.985. The summed E-state index contributed by atoms with van der Waals surface area (Å²) in [6.07, 6.45) is 1.78. The second kappa shape index (κ2) is 5.25. The summed E-state index contributed by atoms with van der Waals surface area (Å²) in [5.74, 6) is 0.662. The Morgan fingerprint density at radius 3 is 2.57 bits per heavy atom. The van der Waals surface area contributed by atoms with E-state index in [0.29, 0.717) is 16.9 Å². The van der Waals surface area contributed by atoms with Crippen LogP contribution in [-0.2, 0) is 0 Å². The molecule has 112 valence electrons. The third-order valence-corrected chi connectivity index (χ3v) is 3.91. The molecule has 4 rings (SSSR count). The molecule has 0 amide bonds. The van der Waals surface area contributed by atoms with Crippen molar-refractivity contribution in [1.82, 2.24) is 9.38 Å². The number of carbonyl (C=O) groups excluding carboxylic acids is 1. The second-order valence-electron chi connectivity index (χ2n) is 5.28. The third kappa shape index (κ3) is 2.16. The summed E-state index contributed by atoms with van der Waals surface area (Å²) in [5.41, 5.74) is 2.71. The van der Waals surface area contributed by atoms with Gasteiger partial charge in [-0.25, -0.2) is 4.98 Å². The van der Waals surface area contributed by atoms with Crippen molar-refractivity contribution >= 4 is 22.3 Å². The number of rotatable bonds is 3. The van der Waals surface area contributed by atoms with Crippen molar-refractivity contribution in [3.8, 4) is 5.75 Å². The van der Waals surface area contributed by atoms with Crippen LogP contribution in [0.25, 0.3) is 16.6 Å². The van der Waals surface area contributed by atoms with Crippen LogP contribution in [0, 0.1) is 0 Å². The minimum absolute atomic E-state index is 0.0858. The lowest BCUT2D eigenvalue weighted by atomic mass is 10.1. The maximum Gasteiger partial charge on any atom is 0.212 e. The number of nitrogens with zero attached hydrogens (tertiary/aromatic N) is 2. The van der Waals surface area contributed by atoms with Gasteiger partial charge in [0, 0.05) is 23.2 Å². The van der Waals surface area contributed by atoms with Crippen LogP contribution in [0.2, 0.25) is 0 Å². The number of benzene rings is 2. The smallest absolute Gasteiger partial charge is 0.212 e. The first-order valence-electron chi connectivity index (χ1n) is 7.32. The van der Waals surface area contributed by atoms with E-state index in [1.807, 2.05) is 52.9 Å². The first-order chi connectivity index (χ1) is 11.3. The standard InChI is InChI=1S/C19H14N2O2/c1-23-17-11-18-20-15(19(22)13-7-3-2-4-8-13)12-21(18)16-10-6-5-9-14(16)17/h2-12H,1H3. The molecule has 23 heavy (non-hydrogen) atoms. The number of fused-ring (bicyclic) bond motifs is 3. The van der Waals surface area contributed by atoms with Crippen LogP contribution in [0.4, 0.5) is 0 Å². The highest BCUT2D eigenvalue weighted by molar-refractivity contribution is 6.08. The van der Waals surface area contributed by atoms with E-state index in [2.05, 4.69) is 4.98 Å². The van der Waals surface area contributed by atoms with E-state index < -0.39 is 0 Å². The molecule has 4 nitrogen and oxygen atoms in total. The number of ether oxygens (including phenoxy) is 1. The van der Waals surface area contributed by atoms with Crippen LogP contribution >= 0.6 is 0 Å². The number of para-hydroxylation sites is 1. The molecule has 0 N–H and O–H groups in total. The lowest BCUT2D eigenvalue weighted by Gasteiger charge is -2.07. The lowest BCUT2D eigenvalue weighted by Crippen LogP contribution is -2.00. The molecule has 0 saturated heterocycles. The Balaban J connectivity index is 1.95. The largest absolute Gasteiger partial charge is 0.496 e. The van der Waals surface area contributed by atoms with Crippen LogP contribution in [-0.4, -0.2) is 22.3 Å². The Kier molecular flexibility index (Phi) is 3.08. The Hall–Kier alpha value is -3.14. The van der Waals surface area contributed by atoms with Crippen molar-refractivity contribution in [1.29, 1.82) is 0 Å². The van der Waals surface area contributed by atoms with Gasteiger partial charge < -0.3 is 4.74 Å². The minimum Gasteiger partial charge on any atom is -0.496 e. The van der Waals surface area contributed by atoms with Gasteiger partial charge in [-0.3, -0.25) is 9.20 Å². The molecular weight excluding hydrogens is 288 g/mol. The van der Waals surface area contributed by atoms with E-state index >= 15 is 0 Å². The zero-order valence-corrected chi connectivity index (χ0v) is 12.6. The zero-order valence-electron chi connectivity index (χ0n) is 12.6. The number of ketones is 1. The van der Waals surface area contributed by atoms with E-state index in [1.165, 1.54) is 0 Å². The van der Waals surface area contributed by atoms with Crippen molar-refractivity contribution in [2.75, 3.05) is 7.11 Å². The molecule has 0 atom stereocenters. The fourth-order valence-electron chi connectivity index (χ4n) is 2.79. The molecule has 0 fully saturated rings. The minimum atomic E-state index is -0.0858. The van der Waals surface area contributed by atoms with Gasteiger partial charge in [-0.2, -0.15) is 0 Å². The molecule has 2 aromatic heterocycles. The summed E-state index contributed by atoms with van der Waals surface area (Å²) >= 11 is 0. The first-order valence-corrected chi connectivity index (χ1v) is 7.32. The molecule has 0 aliphatic carbocycles. The van der Waals surface area contributed by atoms with Crippen LogP contribution in [0.3, 0.4) is 0 Å². The Bertz CT molecular complexity index is 1020. The molecule has 4 heteroatoms. The topological polar surface area (TPSA) is 43.6 Å². The fourth-order valence-corrected chi connectivity index (χ4v) is 2.79. The molecule has 0 radical (unpaired) electrons. The molecule has 4 aromatic rings. The number of imidazole rings is 1. The van der Waals surface area contributed by atoms with Crippen molar-refractivity contribution in [3.63, 3.8) is 0 Å². The van der Waals surface area contributed by atoms with Gasteiger partial charge in [0.2, 0.25) is 5.78 Å². The molecule has 2 heterocycles. The summed E-state index contributed by atoms with van der Waals surface area (Å²) in [6.45, 7) is 0. The number of hydrogen-bond donors (Lipinski definition) is 0. The molecule has 0 aliphatic heterocycles. The summed E-state index contributed by atoms with van der Waals surface area (Å²) in [4.78, 5) is 17.1. The number of pyridine rings is 1. The monoisotopic (exact) mass is 302 g/mol. The fraction of sp³-hybridized carbons (Fsp3) is 0.0526. The Morgan fingerprint density at radius 2 is 1.78 bits per heavy atom. The van der Waals surface area contributed by atoms with E-state index in [9.17, 15) is 4.79 Å². The second-order valence-corrected chi connectivity index (χ2v) is 5.28. The number of aromatic nitrogens is 2. The number of methoxy groups -OCH3 is 1. The average molecular weight is 302 g/mol. The highest BCUT2D eigenvalue weighted by Gasteiger charge is 2.15. The quantitative estimate of drug-likeness (QED) is 0.542. The predicted molar refractivity (Wildman–Crippen MR) is 89.1 cm³/mol. The van der Waals surface area contributed by atoms with E-state index in [-0.39, 0.29) is 5.78 Å². The van der Waals surface area contributed by atoms with Gasteiger partial charge in [-0.05, 0) is 12.1 Å². The molecular formula is C19H14N2O2. The van der Waals surface area contributed by atoms with Crippen molar-refractivity contribution in [2.24, 2.45) is 0 Å². The summed E-state index contributed by atoms with van der Waals surface area (Å²) in [7, 11) is 1.64. The SMILES string of the molecule is COc1cc2nc(C(=O)c3ccccc3)cn2c2ccccc12. The third-order valence-electron chi connectivity index (χ3n) is 3.91. The van der Waals surface area contributed by atoms with Crippen molar-refractivity contribution in [2.45, 2.75) is 0 Å². The molecule has 2 aromatic carbocycles. The van der Waals surface area contributed by atoms with Crippen molar-refractivity contribution < 1.29 is 9.53 Å². The molecule has 0 unspecified atom stereocenters. The van der Waals surface area contributed by atoms with Gasteiger partial charge in [0.25, 0.3) is 0 Å². The van der Waals surface area contributed by atoms with E-state index in [0.717, 1.165) is 16.7 Å².